The average Bonchev–Trinajstić information content (AvgIpc) is 2.58. The van der Waals surface area contributed by atoms with Crippen molar-refractivity contribution in [2.75, 3.05) is 6.61 Å². The van der Waals surface area contributed by atoms with Gasteiger partial charge in [-0.3, -0.25) is 10.1 Å². The lowest BCUT2D eigenvalue weighted by Crippen LogP contribution is -2.38. The van der Waals surface area contributed by atoms with Gasteiger partial charge in [0, 0.05) is 11.6 Å². The van der Waals surface area contributed by atoms with E-state index in [4.69, 9.17) is 0 Å². The molecular weight excluding hydrogens is 298 g/mol. The number of para-hydroxylation sites is 1. The zero-order valence-electron chi connectivity index (χ0n) is 12.3. The van der Waals surface area contributed by atoms with E-state index in [0.717, 1.165) is 5.56 Å². The van der Waals surface area contributed by atoms with Gasteiger partial charge < -0.3 is 15.7 Å². The van der Waals surface area contributed by atoms with Gasteiger partial charge in [0.05, 0.1) is 24.1 Å². The number of rotatable bonds is 6. The Labute approximate surface area is 133 Å². The predicted molar refractivity (Wildman–Crippen MR) is 84.7 cm³/mol. The number of nitro benzene ring substituents is 1. The minimum atomic E-state index is -0.540. The van der Waals surface area contributed by atoms with Crippen molar-refractivity contribution in [2.45, 2.75) is 12.6 Å². The molecule has 0 saturated carbocycles. The molecule has 2 aromatic rings. The van der Waals surface area contributed by atoms with E-state index in [-0.39, 0.29) is 18.8 Å². The molecule has 0 aromatic heterocycles. The summed E-state index contributed by atoms with van der Waals surface area (Å²) in [6.07, 6.45) is 0. The molecule has 0 unspecified atom stereocenters. The summed E-state index contributed by atoms with van der Waals surface area (Å²) in [6, 6.07) is 14.2. The summed E-state index contributed by atoms with van der Waals surface area (Å²) in [5, 5.41) is 25.5. The van der Waals surface area contributed by atoms with Crippen LogP contribution in [0.5, 0.6) is 0 Å². The molecule has 23 heavy (non-hydrogen) atoms. The lowest BCUT2D eigenvalue weighted by molar-refractivity contribution is -0.385. The number of hydrogen-bond donors (Lipinski definition) is 3. The van der Waals surface area contributed by atoms with Crippen LogP contribution in [0.25, 0.3) is 0 Å². The van der Waals surface area contributed by atoms with Crippen LogP contribution in [0.3, 0.4) is 0 Å². The van der Waals surface area contributed by atoms with Crippen molar-refractivity contribution in [2.24, 2.45) is 0 Å². The van der Waals surface area contributed by atoms with Crippen molar-refractivity contribution < 1.29 is 14.8 Å². The summed E-state index contributed by atoms with van der Waals surface area (Å²) < 4.78 is 0. The van der Waals surface area contributed by atoms with Crippen molar-refractivity contribution >= 4 is 11.7 Å². The Morgan fingerprint density at radius 2 is 1.78 bits per heavy atom. The average molecular weight is 315 g/mol. The molecule has 120 valence electrons. The largest absolute Gasteiger partial charge is 0.394 e. The van der Waals surface area contributed by atoms with E-state index >= 15 is 0 Å². The number of benzene rings is 2. The van der Waals surface area contributed by atoms with Crippen LogP contribution < -0.4 is 10.6 Å². The van der Waals surface area contributed by atoms with E-state index in [0.29, 0.717) is 5.56 Å². The maximum Gasteiger partial charge on any atom is 0.315 e. The number of nitrogens with one attached hydrogen (secondary N) is 2. The Kier molecular flexibility index (Phi) is 5.65. The van der Waals surface area contributed by atoms with E-state index in [1.54, 1.807) is 30.3 Å². The van der Waals surface area contributed by atoms with Gasteiger partial charge >= 0.3 is 6.03 Å². The fourth-order valence-electron chi connectivity index (χ4n) is 2.14. The minimum Gasteiger partial charge on any atom is -0.394 e. The number of nitrogens with zero attached hydrogens (tertiary/aromatic N) is 1. The molecule has 7 nitrogen and oxygen atoms in total. The Morgan fingerprint density at radius 1 is 1.13 bits per heavy atom. The summed E-state index contributed by atoms with van der Waals surface area (Å²) in [5.41, 5.74) is 1.14. The third-order valence-electron chi connectivity index (χ3n) is 3.32. The molecule has 0 fully saturated rings. The van der Waals surface area contributed by atoms with Gasteiger partial charge in [-0.1, -0.05) is 48.5 Å². The molecule has 3 N–H and O–H groups in total. The normalized spacial score (nSPS) is 11.5. The molecule has 0 aliphatic rings. The Balaban J connectivity index is 1.96. The van der Waals surface area contributed by atoms with Crippen LogP contribution in [0.15, 0.2) is 54.6 Å². The smallest absolute Gasteiger partial charge is 0.315 e. The van der Waals surface area contributed by atoms with Gasteiger partial charge in [0.15, 0.2) is 0 Å². The van der Waals surface area contributed by atoms with E-state index in [2.05, 4.69) is 10.6 Å². The second-order valence-corrected chi connectivity index (χ2v) is 4.86. The Hall–Kier alpha value is -2.93. The first-order chi connectivity index (χ1) is 11.1. The minimum absolute atomic E-state index is 0.0237. The summed E-state index contributed by atoms with van der Waals surface area (Å²) in [6.45, 7) is -0.223. The van der Waals surface area contributed by atoms with Crippen LogP contribution in [-0.2, 0) is 6.54 Å². The van der Waals surface area contributed by atoms with Crippen molar-refractivity contribution in [3.63, 3.8) is 0 Å². The maximum atomic E-state index is 11.9. The lowest BCUT2D eigenvalue weighted by Gasteiger charge is -2.17. The van der Waals surface area contributed by atoms with Crippen molar-refractivity contribution in [3.05, 3.63) is 75.8 Å². The molecular formula is C16H17N3O4. The quantitative estimate of drug-likeness (QED) is 0.561. The van der Waals surface area contributed by atoms with Crippen molar-refractivity contribution in [3.8, 4) is 0 Å². The standard InChI is InChI=1S/C16H17N3O4/c20-11-14(12-6-2-1-3-7-12)18-16(21)17-10-13-8-4-5-9-15(13)19(22)23/h1-9,14,20H,10-11H2,(H2,17,18,21)/t14-/m1/s1. The Morgan fingerprint density at radius 3 is 2.43 bits per heavy atom. The number of carbonyl (C=O) groups is 1. The van der Waals surface area contributed by atoms with Crippen LogP contribution in [0.2, 0.25) is 0 Å². The van der Waals surface area contributed by atoms with Crippen LogP contribution >= 0.6 is 0 Å². The van der Waals surface area contributed by atoms with Gasteiger partial charge in [-0.15, -0.1) is 0 Å². The Bertz CT molecular complexity index is 676. The van der Waals surface area contributed by atoms with Crippen molar-refractivity contribution in [1.82, 2.24) is 10.6 Å². The van der Waals surface area contributed by atoms with Crippen LogP contribution in [0, 0.1) is 10.1 Å². The summed E-state index contributed by atoms with van der Waals surface area (Å²) in [4.78, 5) is 22.4. The highest BCUT2D eigenvalue weighted by Gasteiger charge is 2.15. The first kappa shape index (κ1) is 16.4. The van der Waals surface area contributed by atoms with Crippen LogP contribution in [0.1, 0.15) is 17.2 Å². The second kappa shape index (κ2) is 7.90. The number of hydrogen-bond acceptors (Lipinski definition) is 4. The first-order valence-corrected chi connectivity index (χ1v) is 7.04. The molecule has 0 aliphatic carbocycles. The molecule has 0 bridgehead atoms. The van der Waals surface area contributed by atoms with Gasteiger partial charge in [0.2, 0.25) is 0 Å². The van der Waals surface area contributed by atoms with Gasteiger partial charge in [-0.2, -0.15) is 0 Å². The molecule has 0 saturated heterocycles. The van der Waals surface area contributed by atoms with Crippen LogP contribution in [0.4, 0.5) is 10.5 Å². The topological polar surface area (TPSA) is 104 Å². The van der Waals surface area contributed by atoms with E-state index in [1.807, 2.05) is 18.2 Å². The molecule has 2 aromatic carbocycles. The molecule has 2 rings (SSSR count). The zero-order chi connectivity index (χ0) is 16.7. The fraction of sp³-hybridized carbons (Fsp3) is 0.188. The maximum absolute atomic E-state index is 11.9. The number of aliphatic hydroxyl groups excluding tert-OH is 1. The van der Waals surface area contributed by atoms with E-state index in [1.165, 1.54) is 6.07 Å². The molecule has 2 amide bonds. The number of carbonyl (C=O) groups excluding carboxylic acids is 1. The van der Waals surface area contributed by atoms with E-state index in [9.17, 15) is 20.0 Å². The first-order valence-electron chi connectivity index (χ1n) is 7.04. The molecule has 0 spiro atoms. The fourth-order valence-corrected chi connectivity index (χ4v) is 2.14. The van der Waals surface area contributed by atoms with Gasteiger partial charge in [0.25, 0.3) is 5.69 Å². The predicted octanol–water partition coefficient (Wildman–Crippen LogP) is 2.13. The highest BCUT2D eigenvalue weighted by Crippen LogP contribution is 2.17. The number of urea groups is 1. The lowest BCUT2D eigenvalue weighted by atomic mass is 10.1. The summed E-state index contributed by atoms with van der Waals surface area (Å²) in [5.74, 6) is 0. The van der Waals surface area contributed by atoms with Gasteiger partial charge in [-0.05, 0) is 5.56 Å². The summed E-state index contributed by atoms with van der Waals surface area (Å²) in [7, 11) is 0. The molecule has 0 heterocycles. The monoisotopic (exact) mass is 315 g/mol. The third-order valence-corrected chi connectivity index (χ3v) is 3.32. The SMILES string of the molecule is O=C(NCc1ccccc1[N+](=O)[O-])N[C@H](CO)c1ccccc1. The second-order valence-electron chi connectivity index (χ2n) is 4.86. The van der Waals surface area contributed by atoms with E-state index < -0.39 is 17.0 Å². The van der Waals surface area contributed by atoms with Gasteiger partial charge in [0.1, 0.15) is 0 Å². The van der Waals surface area contributed by atoms with Gasteiger partial charge in [-0.25, -0.2) is 4.79 Å². The van der Waals surface area contributed by atoms with Crippen LogP contribution in [-0.4, -0.2) is 22.7 Å². The summed E-state index contributed by atoms with van der Waals surface area (Å²) >= 11 is 0. The zero-order valence-corrected chi connectivity index (χ0v) is 12.3. The molecule has 0 radical (unpaired) electrons. The third kappa shape index (κ3) is 4.52. The van der Waals surface area contributed by atoms with Crippen molar-refractivity contribution in [1.29, 1.82) is 0 Å². The highest BCUT2D eigenvalue weighted by molar-refractivity contribution is 5.74. The number of nitro groups is 1. The highest BCUT2D eigenvalue weighted by atomic mass is 16.6. The molecule has 0 aliphatic heterocycles. The molecule has 7 heteroatoms. The number of amides is 2. The molecule has 1 atom stereocenters. The number of aliphatic hydroxyl groups is 1.